The lowest BCUT2D eigenvalue weighted by atomic mass is 10.2. The fourth-order valence-electron chi connectivity index (χ4n) is 2.64. The molecule has 0 saturated heterocycles. The van der Waals surface area contributed by atoms with E-state index >= 15 is 0 Å². The van der Waals surface area contributed by atoms with Gasteiger partial charge in [-0.05, 0) is 42.0 Å². The fraction of sp³-hybridized carbons (Fsp3) is 0.158. The van der Waals surface area contributed by atoms with Crippen molar-refractivity contribution in [1.29, 1.82) is 0 Å². The molecule has 0 atom stereocenters. The number of nitrogens with zero attached hydrogens (tertiary/aromatic N) is 2. The number of para-hydroxylation sites is 2. The van der Waals surface area contributed by atoms with Gasteiger partial charge in [-0.15, -0.1) is 0 Å². The molecule has 2 N–H and O–H groups in total. The molecule has 0 unspecified atom stereocenters. The number of likely N-dealkylation sites (N-methyl/N-ethyl adjacent to an activating group) is 1. The molecule has 4 aromatic rings. The summed E-state index contributed by atoms with van der Waals surface area (Å²) in [5, 5.41) is 9.72. The van der Waals surface area contributed by atoms with Crippen LogP contribution in [0.1, 0.15) is 0 Å². The molecule has 0 saturated carbocycles. The van der Waals surface area contributed by atoms with Crippen LogP contribution in [0.5, 0.6) is 11.6 Å². The number of fused-ring (bicyclic) bond motifs is 1. The van der Waals surface area contributed by atoms with Crippen LogP contribution in [-0.4, -0.2) is 35.3 Å². The van der Waals surface area contributed by atoms with E-state index in [-0.39, 0.29) is 10.8 Å². The zero-order valence-corrected chi connectivity index (χ0v) is 15.3. The molecule has 4 rings (SSSR count). The topological polar surface area (TPSA) is 91.6 Å². The molecule has 8 heteroatoms. The number of H-pyrrole nitrogens is 1. The Labute approximate surface area is 158 Å². The summed E-state index contributed by atoms with van der Waals surface area (Å²) < 4.78 is 11.5. The molecule has 0 bridgehead atoms. The van der Waals surface area contributed by atoms with Crippen LogP contribution in [0.15, 0.2) is 57.7 Å². The normalized spacial score (nSPS) is 11.0. The maximum atomic E-state index is 11.3. The third-order valence-corrected chi connectivity index (χ3v) is 4.97. The summed E-state index contributed by atoms with van der Waals surface area (Å²) >= 11 is 0.968. The number of thiazole rings is 1. The molecule has 0 fully saturated rings. The molecule has 7 nitrogen and oxygen atoms in total. The maximum Gasteiger partial charge on any atom is 0.307 e. The van der Waals surface area contributed by atoms with Gasteiger partial charge in [-0.25, -0.2) is 0 Å². The second kappa shape index (κ2) is 7.16. The van der Waals surface area contributed by atoms with Gasteiger partial charge in [-0.2, -0.15) is 4.98 Å². The highest BCUT2D eigenvalue weighted by atomic mass is 32.1. The zero-order valence-electron chi connectivity index (χ0n) is 14.5. The van der Waals surface area contributed by atoms with Crippen LogP contribution in [-0.2, 0) is 0 Å². The SMILES string of the molecule is CN(CCOc1ccc(-c2sc(=O)[nH]c2O)cc1)c1nc2ccccc2o1. The first kappa shape index (κ1) is 17.2. The second-order valence-corrected chi connectivity index (χ2v) is 6.93. The Morgan fingerprint density at radius 1 is 1.22 bits per heavy atom. The smallest absolute Gasteiger partial charge is 0.307 e. The standard InChI is InChI=1S/C19H17N3O4S/c1-22(18-20-14-4-2-3-5-15(14)26-18)10-11-25-13-8-6-12(7-9-13)16-17(23)21-19(24)27-16/h2-9,23H,10-11H2,1H3,(H,21,24). The number of rotatable bonds is 6. The van der Waals surface area contributed by atoms with Crippen LogP contribution in [0.4, 0.5) is 6.01 Å². The van der Waals surface area contributed by atoms with Crippen LogP contribution in [0, 0.1) is 0 Å². The van der Waals surface area contributed by atoms with E-state index in [1.165, 1.54) is 0 Å². The van der Waals surface area contributed by atoms with Gasteiger partial charge in [0.05, 0.1) is 11.4 Å². The van der Waals surface area contributed by atoms with Gasteiger partial charge in [0.1, 0.15) is 17.9 Å². The van der Waals surface area contributed by atoms with Gasteiger partial charge in [0.25, 0.3) is 6.01 Å². The molecule has 0 aliphatic rings. The first-order chi connectivity index (χ1) is 13.1. The third-order valence-electron chi connectivity index (χ3n) is 4.05. The molecule has 0 aliphatic carbocycles. The molecule has 0 spiro atoms. The van der Waals surface area contributed by atoms with E-state index in [2.05, 4.69) is 9.97 Å². The molecule has 138 valence electrons. The molecular weight excluding hydrogens is 366 g/mol. The molecule has 2 aromatic carbocycles. The predicted molar refractivity (Wildman–Crippen MR) is 105 cm³/mol. The number of aromatic amines is 1. The Morgan fingerprint density at radius 2 is 2.00 bits per heavy atom. The minimum absolute atomic E-state index is 0.112. The van der Waals surface area contributed by atoms with Gasteiger partial charge in [0.15, 0.2) is 5.58 Å². The van der Waals surface area contributed by atoms with Gasteiger partial charge in [-0.1, -0.05) is 23.5 Å². The van der Waals surface area contributed by atoms with E-state index < -0.39 is 0 Å². The molecule has 2 aromatic heterocycles. The third kappa shape index (κ3) is 3.65. The van der Waals surface area contributed by atoms with Crippen LogP contribution in [0.3, 0.4) is 0 Å². The van der Waals surface area contributed by atoms with Crippen molar-refractivity contribution in [3.05, 3.63) is 58.2 Å². The fourth-order valence-corrected chi connectivity index (χ4v) is 3.37. The summed E-state index contributed by atoms with van der Waals surface area (Å²) in [6.07, 6.45) is 0. The van der Waals surface area contributed by atoms with E-state index in [9.17, 15) is 9.90 Å². The Balaban J connectivity index is 1.36. The Hall–Kier alpha value is -3.26. The molecule has 0 aliphatic heterocycles. The van der Waals surface area contributed by atoms with Crippen molar-refractivity contribution in [2.24, 2.45) is 0 Å². The average molecular weight is 383 g/mol. The molecular formula is C19H17N3O4S. The van der Waals surface area contributed by atoms with Gasteiger partial charge in [0, 0.05) is 7.05 Å². The number of aromatic nitrogens is 2. The summed E-state index contributed by atoms with van der Waals surface area (Å²) in [5.74, 6) is 0.589. The monoisotopic (exact) mass is 383 g/mol. The number of anilines is 1. The average Bonchev–Trinajstić information content (AvgIpc) is 3.25. The number of oxazole rings is 1. The summed E-state index contributed by atoms with van der Waals surface area (Å²) in [4.78, 5) is 20.2. The van der Waals surface area contributed by atoms with Crippen LogP contribution in [0.25, 0.3) is 21.5 Å². The number of hydrogen-bond donors (Lipinski definition) is 2. The van der Waals surface area contributed by atoms with Crippen LogP contribution >= 0.6 is 11.3 Å². The van der Waals surface area contributed by atoms with Gasteiger partial charge in [-0.3, -0.25) is 9.78 Å². The van der Waals surface area contributed by atoms with Gasteiger partial charge >= 0.3 is 4.87 Å². The molecule has 0 radical (unpaired) electrons. The van der Waals surface area contributed by atoms with Crippen molar-refractivity contribution >= 4 is 28.5 Å². The number of hydrogen-bond acceptors (Lipinski definition) is 7. The van der Waals surface area contributed by atoms with Crippen LogP contribution in [0.2, 0.25) is 0 Å². The van der Waals surface area contributed by atoms with E-state index in [0.29, 0.717) is 29.8 Å². The van der Waals surface area contributed by atoms with E-state index in [4.69, 9.17) is 9.15 Å². The highest BCUT2D eigenvalue weighted by molar-refractivity contribution is 7.13. The highest BCUT2D eigenvalue weighted by Crippen LogP contribution is 2.31. The number of aromatic hydroxyl groups is 1. The minimum Gasteiger partial charge on any atom is -0.493 e. The maximum absolute atomic E-state index is 11.3. The second-order valence-electron chi connectivity index (χ2n) is 5.95. The minimum atomic E-state index is -0.287. The number of nitrogens with one attached hydrogen (secondary N) is 1. The summed E-state index contributed by atoms with van der Waals surface area (Å²) in [6.45, 7) is 1.06. The molecule has 2 heterocycles. The van der Waals surface area contributed by atoms with Crippen molar-refractivity contribution in [3.63, 3.8) is 0 Å². The lowest BCUT2D eigenvalue weighted by Crippen LogP contribution is -2.23. The quantitative estimate of drug-likeness (QED) is 0.530. The summed E-state index contributed by atoms with van der Waals surface area (Å²) in [6, 6.07) is 15.4. The van der Waals surface area contributed by atoms with E-state index in [1.807, 2.05) is 36.2 Å². The lowest BCUT2D eigenvalue weighted by Gasteiger charge is -2.14. The summed E-state index contributed by atoms with van der Waals surface area (Å²) in [5.41, 5.74) is 2.34. The van der Waals surface area contributed by atoms with Crippen LogP contribution < -0.4 is 14.5 Å². The largest absolute Gasteiger partial charge is 0.493 e. The van der Waals surface area contributed by atoms with Crippen molar-refractivity contribution in [2.75, 3.05) is 25.1 Å². The van der Waals surface area contributed by atoms with Crippen molar-refractivity contribution in [3.8, 4) is 22.1 Å². The van der Waals surface area contributed by atoms with Crippen molar-refractivity contribution in [1.82, 2.24) is 9.97 Å². The first-order valence-electron chi connectivity index (χ1n) is 8.32. The number of ether oxygens (including phenoxy) is 1. The van der Waals surface area contributed by atoms with Gasteiger partial charge in [0.2, 0.25) is 5.88 Å². The highest BCUT2D eigenvalue weighted by Gasteiger charge is 2.11. The molecule has 0 amide bonds. The Kier molecular flexibility index (Phi) is 4.55. The predicted octanol–water partition coefficient (Wildman–Crippen LogP) is 3.47. The Bertz CT molecular complexity index is 1080. The van der Waals surface area contributed by atoms with E-state index in [1.54, 1.807) is 24.3 Å². The Morgan fingerprint density at radius 3 is 2.70 bits per heavy atom. The van der Waals surface area contributed by atoms with Gasteiger partial charge < -0.3 is 19.2 Å². The number of benzene rings is 2. The zero-order chi connectivity index (χ0) is 18.8. The van der Waals surface area contributed by atoms with Crippen molar-refractivity contribution < 1.29 is 14.3 Å². The lowest BCUT2D eigenvalue weighted by molar-refractivity contribution is 0.323. The first-order valence-corrected chi connectivity index (χ1v) is 9.14. The summed E-state index contributed by atoms with van der Waals surface area (Å²) in [7, 11) is 1.90. The van der Waals surface area contributed by atoms with Crippen molar-refractivity contribution in [2.45, 2.75) is 0 Å². The van der Waals surface area contributed by atoms with E-state index in [0.717, 1.165) is 28.0 Å². The molecule has 27 heavy (non-hydrogen) atoms.